The number of fused-ring (bicyclic) bond motifs is 3. The molecule has 1 atom stereocenters. The molecule has 4 nitrogen and oxygen atoms in total. The van der Waals surface area contributed by atoms with Gasteiger partial charge in [0.05, 0.1) is 23.3 Å². The van der Waals surface area contributed by atoms with E-state index in [9.17, 15) is 4.79 Å². The van der Waals surface area contributed by atoms with E-state index in [4.69, 9.17) is 17.0 Å². The second-order valence-electron chi connectivity index (χ2n) is 6.38. The maximum absolute atomic E-state index is 13.2. The number of para-hydroxylation sites is 1. The number of hydrogen-bond donors (Lipinski definition) is 1. The molecule has 0 aliphatic carbocycles. The van der Waals surface area contributed by atoms with Gasteiger partial charge in [0.2, 0.25) is 0 Å². The number of aromatic nitrogens is 2. The highest BCUT2D eigenvalue weighted by Crippen LogP contribution is 2.38. The number of H-pyrrole nitrogens is 1. The number of aromatic amines is 1. The van der Waals surface area contributed by atoms with Crippen molar-refractivity contribution < 1.29 is 4.74 Å². The van der Waals surface area contributed by atoms with Crippen LogP contribution >= 0.6 is 23.6 Å². The van der Waals surface area contributed by atoms with Crippen LogP contribution < -0.4 is 5.56 Å². The van der Waals surface area contributed by atoms with Crippen molar-refractivity contribution in [1.82, 2.24) is 9.55 Å². The minimum atomic E-state index is -0.211. The van der Waals surface area contributed by atoms with Crippen LogP contribution in [0.25, 0.3) is 15.9 Å². The van der Waals surface area contributed by atoms with Gasteiger partial charge in [0.1, 0.15) is 4.83 Å². The Kier molecular flexibility index (Phi) is 3.71. The second kappa shape index (κ2) is 5.65. The van der Waals surface area contributed by atoms with Gasteiger partial charge in [-0.1, -0.05) is 25.1 Å². The minimum absolute atomic E-state index is 0.0437. The Balaban J connectivity index is 2.01. The summed E-state index contributed by atoms with van der Waals surface area (Å²) in [6.45, 7) is 4.79. The number of rotatable bonds is 2. The fourth-order valence-electron chi connectivity index (χ4n) is 3.19. The molecule has 24 heavy (non-hydrogen) atoms. The van der Waals surface area contributed by atoms with Gasteiger partial charge in [0, 0.05) is 11.3 Å². The SMILES string of the molecule is CCC1(C)Cc2c(sc3[nH]c(=S)n(-c4ccccc4)c(=O)c23)CO1. The number of nitrogens with zero attached hydrogens (tertiary/aromatic N) is 1. The highest BCUT2D eigenvalue weighted by atomic mass is 32.1. The van der Waals surface area contributed by atoms with E-state index >= 15 is 0 Å². The molecule has 1 unspecified atom stereocenters. The predicted octanol–water partition coefficient (Wildman–Crippen LogP) is 4.35. The summed E-state index contributed by atoms with van der Waals surface area (Å²) in [7, 11) is 0. The van der Waals surface area contributed by atoms with E-state index < -0.39 is 0 Å². The zero-order chi connectivity index (χ0) is 16.9. The van der Waals surface area contributed by atoms with Crippen LogP contribution in [0.5, 0.6) is 0 Å². The molecule has 3 heterocycles. The third-order valence-corrected chi connectivity index (χ3v) is 6.20. The van der Waals surface area contributed by atoms with Gasteiger partial charge in [-0.05, 0) is 43.3 Å². The van der Waals surface area contributed by atoms with Crippen molar-refractivity contribution in [3.63, 3.8) is 0 Å². The lowest BCUT2D eigenvalue weighted by Gasteiger charge is -2.32. The van der Waals surface area contributed by atoms with Gasteiger partial charge in [-0.15, -0.1) is 11.3 Å². The lowest BCUT2D eigenvalue weighted by molar-refractivity contribution is -0.0543. The molecule has 0 radical (unpaired) electrons. The second-order valence-corrected chi connectivity index (χ2v) is 7.87. The molecule has 4 rings (SSSR count). The summed E-state index contributed by atoms with van der Waals surface area (Å²) in [5, 5.41) is 0.760. The first-order chi connectivity index (χ1) is 11.5. The molecule has 1 N–H and O–H groups in total. The molecule has 1 aromatic carbocycles. The monoisotopic (exact) mass is 358 g/mol. The third-order valence-electron chi connectivity index (χ3n) is 4.80. The fourth-order valence-corrected chi connectivity index (χ4v) is 4.67. The fraction of sp³-hybridized carbons (Fsp3) is 0.333. The number of ether oxygens (including phenoxy) is 1. The van der Waals surface area contributed by atoms with Gasteiger partial charge in [-0.25, -0.2) is 0 Å². The average Bonchev–Trinajstić information content (AvgIpc) is 2.93. The highest BCUT2D eigenvalue weighted by Gasteiger charge is 2.33. The van der Waals surface area contributed by atoms with Crippen LogP contribution in [0, 0.1) is 4.77 Å². The maximum atomic E-state index is 13.2. The zero-order valence-electron chi connectivity index (χ0n) is 13.6. The Morgan fingerprint density at radius 2 is 2.12 bits per heavy atom. The first-order valence-electron chi connectivity index (χ1n) is 8.01. The molecule has 0 bridgehead atoms. The van der Waals surface area contributed by atoms with Crippen molar-refractivity contribution >= 4 is 33.8 Å². The Morgan fingerprint density at radius 3 is 2.83 bits per heavy atom. The molecule has 3 aromatic rings. The predicted molar refractivity (Wildman–Crippen MR) is 99.8 cm³/mol. The van der Waals surface area contributed by atoms with E-state index in [1.165, 1.54) is 0 Å². The molecule has 2 aromatic heterocycles. The van der Waals surface area contributed by atoms with Crippen LogP contribution in [0.4, 0.5) is 0 Å². The van der Waals surface area contributed by atoms with Gasteiger partial charge < -0.3 is 9.72 Å². The van der Waals surface area contributed by atoms with Crippen LogP contribution in [-0.4, -0.2) is 15.2 Å². The largest absolute Gasteiger partial charge is 0.369 e. The van der Waals surface area contributed by atoms with Crippen molar-refractivity contribution in [2.45, 2.75) is 38.9 Å². The molecule has 1 aliphatic heterocycles. The lowest BCUT2D eigenvalue weighted by Crippen LogP contribution is -2.34. The van der Waals surface area contributed by atoms with E-state index in [1.807, 2.05) is 30.3 Å². The number of nitrogens with one attached hydrogen (secondary N) is 1. The maximum Gasteiger partial charge on any atom is 0.267 e. The number of thiophene rings is 1. The molecule has 0 saturated carbocycles. The quantitative estimate of drug-likeness (QED) is 0.693. The first kappa shape index (κ1) is 15.7. The normalized spacial score (nSPS) is 20.2. The van der Waals surface area contributed by atoms with E-state index in [0.29, 0.717) is 11.4 Å². The Hall–Kier alpha value is -1.76. The average molecular weight is 358 g/mol. The summed E-state index contributed by atoms with van der Waals surface area (Å²) >= 11 is 7.02. The molecule has 0 saturated heterocycles. The van der Waals surface area contributed by atoms with Crippen LogP contribution in [0.3, 0.4) is 0 Å². The van der Waals surface area contributed by atoms with Crippen LogP contribution in [-0.2, 0) is 17.8 Å². The molecular weight excluding hydrogens is 340 g/mol. The number of hydrogen-bond acceptors (Lipinski definition) is 4. The summed E-state index contributed by atoms with van der Waals surface area (Å²) in [4.78, 5) is 18.4. The van der Waals surface area contributed by atoms with Gasteiger partial charge >= 0.3 is 0 Å². The van der Waals surface area contributed by atoms with E-state index in [0.717, 1.165) is 39.2 Å². The molecule has 0 spiro atoms. The molecule has 0 amide bonds. The van der Waals surface area contributed by atoms with Crippen LogP contribution in [0.2, 0.25) is 0 Å². The van der Waals surface area contributed by atoms with E-state index in [1.54, 1.807) is 15.9 Å². The van der Waals surface area contributed by atoms with Crippen LogP contribution in [0.1, 0.15) is 30.7 Å². The van der Waals surface area contributed by atoms with E-state index in [-0.39, 0.29) is 11.2 Å². The Morgan fingerprint density at radius 1 is 1.38 bits per heavy atom. The summed E-state index contributed by atoms with van der Waals surface area (Å²) in [6, 6.07) is 9.54. The summed E-state index contributed by atoms with van der Waals surface area (Å²) in [5.74, 6) is 0. The van der Waals surface area contributed by atoms with Crippen molar-refractivity contribution in [1.29, 1.82) is 0 Å². The number of benzene rings is 1. The van der Waals surface area contributed by atoms with Crippen LogP contribution in [0.15, 0.2) is 35.1 Å². The Bertz CT molecular complexity index is 1030. The van der Waals surface area contributed by atoms with Gasteiger partial charge in [-0.3, -0.25) is 9.36 Å². The summed E-state index contributed by atoms with van der Waals surface area (Å²) in [5.41, 5.74) is 1.65. The van der Waals surface area contributed by atoms with Gasteiger partial charge in [-0.2, -0.15) is 0 Å². The van der Waals surface area contributed by atoms with Crippen molar-refractivity contribution in [2.75, 3.05) is 0 Å². The van der Waals surface area contributed by atoms with Crippen molar-refractivity contribution in [2.24, 2.45) is 0 Å². The van der Waals surface area contributed by atoms with Crippen molar-refractivity contribution in [3.05, 3.63) is 55.9 Å². The highest BCUT2D eigenvalue weighted by molar-refractivity contribution is 7.71. The Labute approximate surface area is 148 Å². The first-order valence-corrected chi connectivity index (χ1v) is 9.24. The summed E-state index contributed by atoms with van der Waals surface area (Å²) in [6.07, 6.45) is 1.67. The zero-order valence-corrected chi connectivity index (χ0v) is 15.2. The third kappa shape index (κ3) is 2.37. The standard InChI is InChI=1S/C18H18N2O2S2/c1-3-18(2)9-12-13(10-22-18)24-15-14(12)16(21)20(17(23)19-15)11-7-5-4-6-8-11/h4-8H,3,9-10H2,1-2H3,(H,19,23). The molecule has 124 valence electrons. The topological polar surface area (TPSA) is 47.0 Å². The lowest BCUT2D eigenvalue weighted by atomic mass is 9.90. The van der Waals surface area contributed by atoms with Gasteiger partial charge in [0.25, 0.3) is 5.56 Å². The summed E-state index contributed by atoms with van der Waals surface area (Å²) < 4.78 is 8.03. The molecule has 0 fully saturated rings. The molecule has 1 aliphatic rings. The van der Waals surface area contributed by atoms with E-state index in [2.05, 4.69) is 18.8 Å². The molecular formula is C18H18N2O2S2. The van der Waals surface area contributed by atoms with Crippen molar-refractivity contribution in [3.8, 4) is 5.69 Å². The minimum Gasteiger partial charge on any atom is -0.369 e. The smallest absolute Gasteiger partial charge is 0.267 e. The van der Waals surface area contributed by atoms with Gasteiger partial charge in [0.15, 0.2) is 4.77 Å². The molecule has 6 heteroatoms.